The molecule has 0 N–H and O–H groups in total. The molecule has 1 aliphatic rings. The van der Waals surface area contributed by atoms with E-state index in [-0.39, 0.29) is 17.4 Å². The Morgan fingerprint density at radius 3 is 2.37 bits per heavy atom. The zero-order valence-corrected chi connectivity index (χ0v) is 20.6. The Hall–Kier alpha value is -1.18. The SMILES string of the molecule is COc1ccc(COC[C@@H](C/C=C\CCC2OCCO2)O[Si](C)(C)C(C)(C)C)cc1. The summed E-state index contributed by atoms with van der Waals surface area (Å²) in [7, 11) is -0.194. The third-order valence-electron chi connectivity index (χ3n) is 5.82. The molecule has 0 saturated carbocycles. The molecule has 0 spiro atoms. The molecule has 5 nitrogen and oxygen atoms in total. The first-order valence-electron chi connectivity index (χ1n) is 11.0. The highest BCUT2D eigenvalue weighted by Crippen LogP contribution is 2.37. The summed E-state index contributed by atoms with van der Waals surface area (Å²) in [5.41, 5.74) is 1.13. The minimum atomic E-state index is -1.87. The van der Waals surface area contributed by atoms with Crippen molar-refractivity contribution in [3.8, 4) is 5.75 Å². The van der Waals surface area contributed by atoms with E-state index in [1.165, 1.54) is 0 Å². The predicted octanol–water partition coefficient (Wildman–Crippen LogP) is 5.70. The van der Waals surface area contributed by atoms with Gasteiger partial charge in [-0.1, -0.05) is 45.1 Å². The molecule has 1 atom stereocenters. The predicted molar refractivity (Wildman–Crippen MR) is 123 cm³/mol. The van der Waals surface area contributed by atoms with Crippen LogP contribution in [0.3, 0.4) is 0 Å². The zero-order chi connectivity index (χ0) is 22.0. The van der Waals surface area contributed by atoms with Gasteiger partial charge in [0.2, 0.25) is 0 Å². The number of ether oxygens (including phenoxy) is 4. The van der Waals surface area contributed by atoms with Crippen LogP contribution in [0.2, 0.25) is 18.1 Å². The molecule has 0 aromatic heterocycles. The van der Waals surface area contributed by atoms with Crippen molar-refractivity contribution in [1.29, 1.82) is 0 Å². The number of benzene rings is 1. The van der Waals surface area contributed by atoms with Gasteiger partial charge in [-0.2, -0.15) is 0 Å². The average Bonchev–Trinajstić information content (AvgIpc) is 3.20. The van der Waals surface area contributed by atoms with Gasteiger partial charge in [0, 0.05) is 6.42 Å². The Labute approximate surface area is 183 Å². The fourth-order valence-electron chi connectivity index (χ4n) is 2.95. The summed E-state index contributed by atoms with van der Waals surface area (Å²) >= 11 is 0. The second kappa shape index (κ2) is 12.0. The first kappa shape index (κ1) is 25.1. The summed E-state index contributed by atoms with van der Waals surface area (Å²) in [6, 6.07) is 8.00. The molecule has 0 bridgehead atoms. The van der Waals surface area contributed by atoms with Crippen molar-refractivity contribution < 1.29 is 23.4 Å². The highest BCUT2D eigenvalue weighted by molar-refractivity contribution is 6.74. The molecule has 1 aromatic carbocycles. The van der Waals surface area contributed by atoms with Gasteiger partial charge in [-0.15, -0.1) is 0 Å². The van der Waals surface area contributed by atoms with Gasteiger partial charge < -0.3 is 23.4 Å². The Kier molecular flexibility index (Phi) is 10.0. The zero-order valence-electron chi connectivity index (χ0n) is 19.6. The molecular weight excluding hydrogens is 396 g/mol. The summed E-state index contributed by atoms with van der Waals surface area (Å²) in [4.78, 5) is 0. The second-order valence-electron chi connectivity index (χ2n) is 9.32. The van der Waals surface area contributed by atoms with E-state index in [2.05, 4.69) is 46.0 Å². The Balaban J connectivity index is 1.85. The van der Waals surface area contributed by atoms with Gasteiger partial charge >= 0.3 is 0 Å². The lowest BCUT2D eigenvalue weighted by atomic mass is 10.2. The molecule has 1 aliphatic heterocycles. The molecule has 0 unspecified atom stereocenters. The van der Waals surface area contributed by atoms with Gasteiger partial charge in [-0.3, -0.25) is 0 Å². The number of hydrogen-bond acceptors (Lipinski definition) is 5. The molecule has 1 saturated heterocycles. The summed E-state index contributed by atoms with van der Waals surface area (Å²) in [6.07, 6.45) is 7.13. The fourth-order valence-corrected chi connectivity index (χ4v) is 4.30. The number of hydrogen-bond donors (Lipinski definition) is 0. The van der Waals surface area contributed by atoms with Crippen molar-refractivity contribution in [3.63, 3.8) is 0 Å². The van der Waals surface area contributed by atoms with Gasteiger partial charge in [0.25, 0.3) is 0 Å². The summed E-state index contributed by atoms with van der Waals surface area (Å²) in [5, 5.41) is 0.169. The van der Waals surface area contributed by atoms with Crippen LogP contribution < -0.4 is 4.74 Å². The fraction of sp³-hybridized carbons (Fsp3) is 0.667. The van der Waals surface area contributed by atoms with E-state index in [4.69, 9.17) is 23.4 Å². The maximum Gasteiger partial charge on any atom is 0.192 e. The van der Waals surface area contributed by atoms with E-state index >= 15 is 0 Å². The van der Waals surface area contributed by atoms with Crippen LogP contribution in [0.25, 0.3) is 0 Å². The summed E-state index contributed by atoms with van der Waals surface area (Å²) in [5.74, 6) is 0.858. The van der Waals surface area contributed by atoms with Crippen molar-refractivity contribution in [2.24, 2.45) is 0 Å². The molecule has 1 heterocycles. The van der Waals surface area contributed by atoms with E-state index in [0.717, 1.165) is 30.6 Å². The second-order valence-corrected chi connectivity index (χ2v) is 14.1. The maximum atomic E-state index is 6.65. The standard InChI is InChI=1S/C24H40O5Si/c1-24(2,3)30(5,6)29-22(10-8-7-9-11-23-27-16-17-28-23)19-26-18-20-12-14-21(25-4)15-13-20/h7-8,12-15,22-23H,9-11,16-19H2,1-6H3/b8-7-/t22-/m1/s1. The minimum Gasteiger partial charge on any atom is -0.497 e. The van der Waals surface area contributed by atoms with E-state index in [1.54, 1.807) is 7.11 Å². The van der Waals surface area contributed by atoms with E-state index < -0.39 is 8.32 Å². The van der Waals surface area contributed by atoms with Crippen molar-refractivity contribution in [2.45, 2.75) is 77.2 Å². The normalized spacial score (nSPS) is 17.0. The van der Waals surface area contributed by atoms with Crippen LogP contribution in [0.15, 0.2) is 36.4 Å². The molecule has 6 heteroatoms. The van der Waals surface area contributed by atoms with Crippen molar-refractivity contribution >= 4 is 8.32 Å². The third kappa shape index (κ3) is 8.51. The van der Waals surface area contributed by atoms with Crippen LogP contribution >= 0.6 is 0 Å². The highest BCUT2D eigenvalue weighted by Gasteiger charge is 2.39. The topological polar surface area (TPSA) is 46.2 Å². The van der Waals surface area contributed by atoms with Crippen molar-refractivity contribution in [3.05, 3.63) is 42.0 Å². The number of rotatable bonds is 12. The summed E-state index contributed by atoms with van der Waals surface area (Å²) in [6.45, 7) is 14.0. The Morgan fingerprint density at radius 2 is 1.77 bits per heavy atom. The lowest BCUT2D eigenvalue weighted by molar-refractivity contribution is -0.0457. The van der Waals surface area contributed by atoms with Crippen LogP contribution in [-0.4, -0.2) is 47.6 Å². The number of methoxy groups -OCH3 is 1. The van der Waals surface area contributed by atoms with Crippen LogP contribution in [0.5, 0.6) is 5.75 Å². The maximum absolute atomic E-state index is 6.65. The van der Waals surface area contributed by atoms with Crippen molar-refractivity contribution in [1.82, 2.24) is 0 Å². The highest BCUT2D eigenvalue weighted by atomic mass is 28.4. The van der Waals surface area contributed by atoms with Gasteiger partial charge in [0.05, 0.1) is 39.6 Å². The first-order valence-corrected chi connectivity index (χ1v) is 13.9. The minimum absolute atomic E-state index is 0.0400. The lowest BCUT2D eigenvalue weighted by Gasteiger charge is -2.39. The molecule has 1 fully saturated rings. The molecule has 30 heavy (non-hydrogen) atoms. The molecule has 0 amide bonds. The monoisotopic (exact) mass is 436 g/mol. The van der Waals surface area contributed by atoms with E-state index in [9.17, 15) is 0 Å². The van der Waals surface area contributed by atoms with Crippen LogP contribution in [0, 0.1) is 0 Å². The van der Waals surface area contributed by atoms with Gasteiger partial charge in [0.15, 0.2) is 14.6 Å². The average molecular weight is 437 g/mol. The lowest BCUT2D eigenvalue weighted by Crippen LogP contribution is -2.45. The van der Waals surface area contributed by atoms with Gasteiger partial charge in [-0.25, -0.2) is 0 Å². The van der Waals surface area contributed by atoms with Gasteiger partial charge in [0.1, 0.15) is 5.75 Å². The molecule has 0 radical (unpaired) electrons. The largest absolute Gasteiger partial charge is 0.497 e. The first-order chi connectivity index (χ1) is 14.2. The van der Waals surface area contributed by atoms with Gasteiger partial charge in [-0.05, 0) is 48.7 Å². The number of allylic oxidation sites excluding steroid dienone is 1. The Bertz CT molecular complexity index is 630. The van der Waals surface area contributed by atoms with E-state index in [0.29, 0.717) is 26.4 Å². The summed E-state index contributed by atoms with van der Waals surface area (Å²) < 4.78 is 28.9. The Morgan fingerprint density at radius 1 is 1.10 bits per heavy atom. The molecule has 2 rings (SSSR count). The molecule has 170 valence electrons. The van der Waals surface area contributed by atoms with Crippen molar-refractivity contribution in [2.75, 3.05) is 26.9 Å². The molecule has 0 aliphatic carbocycles. The smallest absolute Gasteiger partial charge is 0.192 e. The van der Waals surface area contributed by atoms with Crippen LogP contribution in [0.4, 0.5) is 0 Å². The quantitative estimate of drug-likeness (QED) is 0.311. The third-order valence-corrected chi connectivity index (χ3v) is 10.4. The molecular formula is C24H40O5Si. The van der Waals surface area contributed by atoms with Crippen LogP contribution in [0.1, 0.15) is 45.6 Å². The molecule has 1 aromatic rings. The van der Waals surface area contributed by atoms with E-state index in [1.807, 2.05) is 24.3 Å². The van der Waals surface area contributed by atoms with Crippen LogP contribution in [-0.2, 0) is 25.2 Å².